The summed E-state index contributed by atoms with van der Waals surface area (Å²) in [5.41, 5.74) is 1.36. The molecule has 0 saturated heterocycles. The van der Waals surface area contributed by atoms with Crippen molar-refractivity contribution in [2.24, 2.45) is 0 Å². The summed E-state index contributed by atoms with van der Waals surface area (Å²) in [6, 6.07) is 10.5. The molecule has 0 aliphatic heterocycles. The van der Waals surface area contributed by atoms with Gasteiger partial charge in [0.15, 0.2) is 0 Å². The fourth-order valence-electron chi connectivity index (χ4n) is 2.23. The zero-order valence-corrected chi connectivity index (χ0v) is 11.9. The van der Waals surface area contributed by atoms with Crippen LogP contribution in [-0.2, 0) is 0 Å². The molecule has 0 atom stereocenters. The topological polar surface area (TPSA) is 55.0 Å². The minimum Gasteiger partial charge on any atom is -0.406 e. The van der Waals surface area contributed by atoms with Crippen molar-refractivity contribution in [1.82, 2.24) is 9.97 Å². The van der Waals surface area contributed by atoms with Gasteiger partial charge in [-0.1, -0.05) is 23.8 Å². The quantitative estimate of drug-likeness (QED) is 0.781. The summed E-state index contributed by atoms with van der Waals surface area (Å²) in [5, 5.41) is 0.427. The van der Waals surface area contributed by atoms with Gasteiger partial charge in [0.05, 0.1) is 10.9 Å². The largest absolute Gasteiger partial charge is 0.573 e. The van der Waals surface area contributed by atoms with Crippen LogP contribution in [0.15, 0.2) is 47.3 Å². The van der Waals surface area contributed by atoms with Crippen molar-refractivity contribution < 1.29 is 17.9 Å². The minimum absolute atomic E-state index is 0.180. The second kappa shape index (κ2) is 5.42. The minimum atomic E-state index is -4.78. The first-order chi connectivity index (χ1) is 10.8. The van der Waals surface area contributed by atoms with Gasteiger partial charge in [-0.25, -0.2) is 4.98 Å². The zero-order chi connectivity index (χ0) is 16.6. The number of nitrogens with one attached hydrogen (secondary N) is 1. The molecule has 0 bridgehead atoms. The van der Waals surface area contributed by atoms with Gasteiger partial charge in [-0.05, 0) is 31.2 Å². The van der Waals surface area contributed by atoms with E-state index in [1.54, 1.807) is 18.2 Å². The number of aromatic amines is 1. The van der Waals surface area contributed by atoms with E-state index in [1.807, 2.05) is 13.0 Å². The van der Waals surface area contributed by atoms with Gasteiger partial charge < -0.3 is 9.72 Å². The van der Waals surface area contributed by atoms with Gasteiger partial charge in [0.25, 0.3) is 5.56 Å². The molecule has 4 nitrogen and oxygen atoms in total. The molecule has 1 aromatic heterocycles. The molecule has 0 spiro atoms. The number of alkyl halides is 3. The molecule has 0 amide bonds. The van der Waals surface area contributed by atoms with E-state index in [2.05, 4.69) is 14.7 Å². The number of H-pyrrole nitrogens is 1. The molecule has 0 aliphatic rings. The van der Waals surface area contributed by atoms with Crippen LogP contribution >= 0.6 is 0 Å². The highest BCUT2D eigenvalue weighted by molar-refractivity contribution is 5.80. The Morgan fingerprint density at radius 2 is 1.91 bits per heavy atom. The molecule has 2 aromatic carbocycles. The van der Waals surface area contributed by atoms with Crippen LogP contribution in [0.3, 0.4) is 0 Å². The Hall–Kier alpha value is -2.83. The molecule has 0 unspecified atom stereocenters. The predicted molar refractivity (Wildman–Crippen MR) is 79.2 cm³/mol. The standard InChI is InChI=1S/C16H11F3N2O2/c1-9-5-6-13-12(7-9)15(22)21-14(20-13)10-3-2-4-11(8-10)23-16(17,18)19/h2-8H,1H3,(H,20,21,22). The third kappa shape index (κ3) is 3.33. The number of aryl methyl sites for hydroxylation is 1. The Bertz CT molecular complexity index is 932. The molecule has 3 rings (SSSR count). The Kier molecular flexibility index (Phi) is 3.55. The fourth-order valence-corrected chi connectivity index (χ4v) is 2.23. The van der Waals surface area contributed by atoms with E-state index in [0.29, 0.717) is 16.5 Å². The maximum absolute atomic E-state index is 12.3. The summed E-state index contributed by atoms with van der Waals surface area (Å²) in [5.74, 6) is -0.194. The number of rotatable bonds is 2. The van der Waals surface area contributed by atoms with Crippen molar-refractivity contribution in [3.05, 3.63) is 58.4 Å². The average Bonchev–Trinajstić information content (AvgIpc) is 2.46. The number of aromatic nitrogens is 2. The van der Waals surface area contributed by atoms with Crippen LogP contribution in [0.2, 0.25) is 0 Å². The maximum atomic E-state index is 12.3. The molecule has 0 saturated carbocycles. The molecular formula is C16H11F3N2O2. The van der Waals surface area contributed by atoms with Gasteiger partial charge in [-0.2, -0.15) is 0 Å². The van der Waals surface area contributed by atoms with Crippen molar-refractivity contribution in [2.75, 3.05) is 0 Å². The zero-order valence-electron chi connectivity index (χ0n) is 11.9. The van der Waals surface area contributed by atoms with Crippen LogP contribution in [0.5, 0.6) is 5.75 Å². The number of benzene rings is 2. The van der Waals surface area contributed by atoms with Gasteiger partial charge in [-0.15, -0.1) is 13.2 Å². The highest BCUT2D eigenvalue weighted by Crippen LogP contribution is 2.26. The molecule has 0 radical (unpaired) electrons. The van der Waals surface area contributed by atoms with Crippen LogP contribution in [0, 0.1) is 6.92 Å². The average molecular weight is 320 g/mol. The number of nitrogens with zero attached hydrogens (tertiary/aromatic N) is 1. The number of ether oxygens (including phenoxy) is 1. The summed E-state index contributed by atoms with van der Waals surface area (Å²) in [4.78, 5) is 19.0. The van der Waals surface area contributed by atoms with E-state index >= 15 is 0 Å². The lowest BCUT2D eigenvalue weighted by atomic mass is 10.1. The van der Waals surface area contributed by atoms with Crippen LogP contribution in [0.25, 0.3) is 22.3 Å². The number of fused-ring (bicyclic) bond motifs is 1. The van der Waals surface area contributed by atoms with Crippen LogP contribution < -0.4 is 10.3 Å². The molecule has 0 fully saturated rings. The Labute approximate surface area is 128 Å². The highest BCUT2D eigenvalue weighted by atomic mass is 19.4. The molecule has 23 heavy (non-hydrogen) atoms. The maximum Gasteiger partial charge on any atom is 0.573 e. The first-order valence-electron chi connectivity index (χ1n) is 6.69. The van der Waals surface area contributed by atoms with E-state index in [-0.39, 0.29) is 17.1 Å². The van der Waals surface area contributed by atoms with Crippen molar-refractivity contribution in [3.8, 4) is 17.1 Å². The van der Waals surface area contributed by atoms with E-state index in [9.17, 15) is 18.0 Å². The van der Waals surface area contributed by atoms with Gasteiger partial charge in [0.2, 0.25) is 0 Å². The van der Waals surface area contributed by atoms with Crippen LogP contribution in [0.4, 0.5) is 13.2 Å². The molecule has 1 heterocycles. The van der Waals surface area contributed by atoms with Crippen molar-refractivity contribution in [1.29, 1.82) is 0 Å². The van der Waals surface area contributed by atoms with E-state index < -0.39 is 6.36 Å². The molecule has 7 heteroatoms. The summed E-state index contributed by atoms with van der Waals surface area (Å²) < 4.78 is 40.7. The second-order valence-electron chi connectivity index (χ2n) is 5.01. The number of hydrogen-bond acceptors (Lipinski definition) is 3. The molecule has 0 aliphatic carbocycles. The lowest BCUT2D eigenvalue weighted by Gasteiger charge is -2.10. The van der Waals surface area contributed by atoms with E-state index in [0.717, 1.165) is 5.56 Å². The summed E-state index contributed by atoms with van der Waals surface area (Å²) in [6.07, 6.45) is -4.78. The second-order valence-corrected chi connectivity index (χ2v) is 5.01. The first-order valence-corrected chi connectivity index (χ1v) is 6.69. The van der Waals surface area contributed by atoms with Crippen LogP contribution in [0.1, 0.15) is 5.56 Å². The first kappa shape index (κ1) is 15.1. The predicted octanol–water partition coefficient (Wildman–Crippen LogP) is 3.80. The smallest absolute Gasteiger partial charge is 0.406 e. The Balaban J connectivity index is 2.08. The molecular weight excluding hydrogens is 309 g/mol. The third-order valence-electron chi connectivity index (χ3n) is 3.20. The summed E-state index contributed by atoms with van der Waals surface area (Å²) in [7, 11) is 0. The monoisotopic (exact) mass is 320 g/mol. The molecule has 118 valence electrons. The van der Waals surface area contributed by atoms with Gasteiger partial charge in [-0.3, -0.25) is 4.79 Å². The lowest BCUT2D eigenvalue weighted by Crippen LogP contribution is -2.17. The van der Waals surface area contributed by atoms with Crippen molar-refractivity contribution in [3.63, 3.8) is 0 Å². The van der Waals surface area contributed by atoms with E-state index in [4.69, 9.17) is 0 Å². The summed E-state index contributed by atoms with van der Waals surface area (Å²) in [6.45, 7) is 1.85. The van der Waals surface area contributed by atoms with E-state index in [1.165, 1.54) is 18.2 Å². The Morgan fingerprint density at radius 3 is 2.65 bits per heavy atom. The van der Waals surface area contributed by atoms with Crippen LogP contribution in [-0.4, -0.2) is 16.3 Å². The summed E-state index contributed by atoms with van der Waals surface area (Å²) >= 11 is 0. The fraction of sp³-hybridized carbons (Fsp3) is 0.125. The lowest BCUT2D eigenvalue weighted by molar-refractivity contribution is -0.274. The third-order valence-corrected chi connectivity index (χ3v) is 3.20. The highest BCUT2D eigenvalue weighted by Gasteiger charge is 2.31. The van der Waals surface area contributed by atoms with Gasteiger partial charge in [0.1, 0.15) is 11.6 Å². The Morgan fingerprint density at radius 1 is 1.13 bits per heavy atom. The number of hydrogen-bond donors (Lipinski definition) is 1. The molecule has 3 aromatic rings. The molecule has 1 N–H and O–H groups in total. The van der Waals surface area contributed by atoms with Gasteiger partial charge in [0, 0.05) is 5.56 Å². The van der Waals surface area contributed by atoms with Crippen molar-refractivity contribution >= 4 is 10.9 Å². The van der Waals surface area contributed by atoms with Crippen molar-refractivity contribution in [2.45, 2.75) is 13.3 Å². The normalized spacial score (nSPS) is 11.7. The number of halogens is 3. The SMILES string of the molecule is Cc1ccc2nc(-c3cccc(OC(F)(F)F)c3)[nH]c(=O)c2c1. The van der Waals surface area contributed by atoms with Gasteiger partial charge >= 0.3 is 6.36 Å².